The Kier molecular flexibility index (Phi) is 12.1. The Morgan fingerprint density at radius 2 is 1.82 bits per heavy atom. The molecule has 0 radical (unpaired) electrons. The molecule has 0 bridgehead atoms. The first-order chi connectivity index (χ1) is 13.0. The fourth-order valence-corrected chi connectivity index (χ4v) is 3.94. The van der Waals surface area contributed by atoms with Crippen LogP contribution in [0, 0.1) is 11.8 Å². The van der Waals surface area contributed by atoms with Gasteiger partial charge in [-0.25, -0.2) is 4.79 Å². The highest BCUT2D eigenvalue weighted by molar-refractivity contribution is 14.0. The second-order valence-corrected chi connectivity index (χ2v) is 8.03. The van der Waals surface area contributed by atoms with Gasteiger partial charge in [0.15, 0.2) is 5.96 Å². The Bertz CT molecular complexity index is 481. The Labute approximate surface area is 188 Å². The maximum Gasteiger partial charge on any atom is 0.409 e. The Hall–Kier alpha value is -0.770. The summed E-state index contributed by atoms with van der Waals surface area (Å²) in [7, 11) is 0. The number of aliphatic imine (C=N–C) groups is 1. The minimum absolute atomic E-state index is 0. The van der Waals surface area contributed by atoms with E-state index in [-0.39, 0.29) is 30.1 Å². The van der Waals surface area contributed by atoms with Gasteiger partial charge in [-0.15, -0.1) is 24.0 Å². The van der Waals surface area contributed by atoms with E-state index in [1.54, 1.807) is 4.90 Å². The molecule has 0 aliphatic carbocycles. The van der Waals surface area contributed by atoms with E-state index < -0.39 is 0 Å². The van der Waals surface area contributed by atoms with E-state index in [2.05, 4.69) is 35.9 Å². The lowest BCUT2D eigenvalue weighted by atomic mass is 9.97. The van der Waals surface area contributed by atoms with Crippen LogP contribution in [0.4, 0.5) is 4.79 Å². The molecule has 2 aliphatic rings. The summed E-state index contributed by atoms with van der Waals surface area (Å²) in [6.45, 7) is 17.3. The van der Waals surface area contributed by atoms with Crippen molar-refractivity contribution in [2.75, 3.05) is 65.5 Å². The number of ether oxygens (including phenoxy) is 1. The summed E-state index contributed by atoms with van der Waals surface area (Å²) in [5, 5.41) is 3.43. The number of carbonyl (C=O) groups is 1. The normalized spacial score (nSPS) is 21.5. The van der Waals surface area contributed by atoms with Gasteiger partial charge in [-0.05, 0) is 45.1 Å². The highest BCUT2D eigenvalue weighted by atomic mass is 127. The van der Waals surface area contributed by atoms with Crippen molar-refractivity contribution in [3.05, 3.63) is 0 Å². The molecule has 8 heteroatoms. The van der Waals surface area contributed by atoms with Crippen LogP contribution in [-0.2, 0) is 4.74 Å². The number of likely N-dealkylation sites (tertiary alicyclic amines) is 1. The van der Waals surface area contributed by atoms with Crippen LogP contribution in [0.25, 0.3) is 0 Å². The number of carbonyl (C=O) groups excluding carboxylic acids is 1. The maximum atomic E-state index is 11.9. The van der Waals surface area contributed by atoms with Crippen LogP contribution >= 0.6 is 24.0 Å². The average Bonchev–Trinajstić information content (AvgIpc) is 2.65. The quantitative estimate of drug-likeness (QED) is 0.339. The van der Waals surface area contributed by atoms with Gasteiger partial charge in [0.05, 0.1) is 6.61 Å². The van der Waals surface area contributed by atoms with Gasteiger partial charge in [0, 0.05) is 52.4 Å². The van der Waals surface area contributed by atoms with E-state index in [0.717, 1.165) is 44.6 Å². The smallest absolute Gasteiger partial charge is 0.409 e. The van der Waals surface area contributed by atoms with Crippen LogP contribution < -0.4 is 5.32 Å². The zero-order valence-electron chi connectivity index (χ0n) is 18.2. The lowest BCUT2D eigenvalue weighted by Crippen LogP contribution is -2.54. The molecule has 2 saturated heterocycles. The largest absolute Gasteiger partial charge is 0.450 e. The number of piperidine rings is 1. The maximum absolute atomic E-state index is 11.9. The summed E-state index contributed by atoms with van der Waals surface area (Å²) < 4.78 is 5.11. The molecule has 164 valence electrons. The van der Waals surface area contributed by atoms with Crippen LogP contribution in [0.5, 0.6) is 0 Å². The Balaban J connectivity index is 0.00000392. The van der Waals surface area contributed by atoms with Crippen LogP contribution in [0.1, 0.15) is 40.5 Å². The molecular formula is C20H40IN5O2. The zero-order valence-corrected chi connectivity index (χ0v) is 20.5. The summed E-state index contributed by atoms with van der Waals surface area (Å²) >= 11 is 0. The number of hydrogen-bond donors (Lipinski definition) is 1. The van der Waals surface area contributed by atoms with Crippen molar-refractivity contribution in [1.82, 2.24) is 20.0 Å². The minimum Gasteiger partial charge on any atom is -0.450 e. The summed E-state index contributed by atoms with van der Waals surface area (Å²) in [6, 6.07) is 0. The molecule has 1 atom stereocenters. The predicted octanol–water partition coefficient (Wildman–Crippen LogP) is 2.71. The molecule has 0 aromatic heterocycles. The molecule has 2 fully saturated rings. The number of rotatable bonds is 6. The number of hydrogen-bond acceptors (Lipinski definition) is 4. The van der Waals surface area contributed by atoms with Crippen molar-refractivity contribution in [3.63, 3.8) is 0 Å². The third-order valence-corrected chi connectivity index (χ3v) is 5.17. The molecule has 1 unspecified atom stereocenters. The van der Waals surface area contributed by atoms with Crippen molar-refractivity contribution in [3.8, 4) is 0 Å². The molecule has 2 heterocycles. The van der Waals surface area contributed by atoms with E-state index in [9.17, 15) is 4.79 Å². The average molecular weight is 509 g/mol. The van der Waals surface area contributed by atoms with Crippen LogP contribution in [0.3, 0.4) is 0 Å². The number of nitrogens with zero attached hydrogens (tertiary/aromatic N) is 4. The Morgan fingerprint density at radius 1 is 1.14 bits per heavy atom. The summed E-state index contributed by atoms with van der Waals surface area (Å²) in [4.78, 5) is 23.5. The van der Waals surface area contributed by atoms with E-state index in [1.807, 2.05) is 6.92 Å². The van der Waals surface area contributed by atoms with Crippen molar-refractivity contribution >= 4 is 36.0 Å². The molecule has 28 heavy (non-hydrogen) atoms. The molecule has 0 aromatic rings. The fourth-order valence-electron chi connectivity index (χ4n) is 3.94. The van der Waals surface area contributed by atoms with E-state index in [4.69, 9.17) is 9.73 Å². The summed E-state index contributed by atoms with van der Waals surface area (Å²) in [6.07, 6.45) is 2.35. The molecular weight excluding hydrogens is 469 g/mol. The number of halogens is 1. The summed E-state index contributed by atoms with van der Waals surface area (Å²) in [5.74, 6) is 2.36. The van der Waals surface area contributed by atoms with E-state index >= 15 is 0 Å². The highest BCUT2D eigenvalue weighted by Crippen LogP contribution is 2.18. The lowest BCUT2D eigenvalue weighted by molar-refractivity contribution is 0.0914. The van der Waals surface area contributed by atoms with Crippen molar-refractivity contribution in [1.29, 1.82) is 0 Å². The van der Waals surface area contributed by atoms with Crippen LogP contribution in [0.2, 0.25) is 0 Å². The molecule has 1 amide bonds. The van der Waals surface area contributed by atoms with Crippen molar-refractivity contribution in [2.24, 2.45) is 16.8 Å². The first-order valence-electron chi connectivity index (χ1n) is 10.7. The number of amides is 1. The molecule has 2 aliphatic heterocycles. The second-order valence-electron chi connectivity index (χ2n) is 8.03. The monoisotopic (exact) mass is 509 g/mol. The Morgan fingerprint density at radius 3 is 2.43 bits per heavy atom. The highest BCUT2D eigenvalue weighted by Gasteiger charge is 2.25. The molecule has 0 aromatic carbocycles. The number of nitrogens with one attached hydrogen (secondary N) is 1. The number of piperazine rings is 1. The molecule has 2 rings (SSSR count). The van der Waals surface area contributed by atoms with Gasteiger partial charge in [0.1, 0.15) is 0 Å². The van der Waals surface area contributed by atoms with Gasteiger partial charge in [0.2, 0.25) is 0 Å². The predicted molar refractivity (Wildman–Crippen MR) is 126 cm³/mol. The van der Waals surface area contributed by atoms with Gasteiger partial charge in [-0.2, -0.15) is 0 Å². The van der Waals surface area contributed by atoms with Crippen LogP contribution in [-0.4, -0.2) is 92.3 Å². The van der Waals surface area contributed by atoms with Crippen LogP contribution in [0.15, 0.2) is 4.99 Å². The topological polar surface area (TPSA) is 60.4 Å². The zero-order chi connectivity index (χ0) is 19.6. The summed E-state index contributed by atoms with van der Waals surface area (Å²) in [5.41, 5.74) is 0. The molecule has 0 spiro atoms. The van der Waals surface area contributed by atoms with Gasteiger partial charge in [-0.1, -0.05) is 13.8 Å². The minimum atomic E-state index is -0.202. The first-order valence-corrected chi connectivity index (χ1v) is 10.7. The standard InChI is InChI=1S/C20H39N5O2.HI/c1-5-21-19(24-10-12-25(13-11-24)20(26)27-6-2)22-14-18-8-7-9-23(16-18)15-17(3)4;/h17-18H,5-16H2,1-4H3,(H,21,22);1H. The van der Waals surface area contributed by atoms with Crippen molar-refractivity contribution < 1.29 is 9.53 Å². The first kappa shape index (κ1) is 25.3. The molecule has 7 nitrogen and oxygen atoms in total. The third-order valence-electron chi connectivity index (χ3n) is 5.17. The van der Waals surface area contributed by atoms with Gasteiger partial charge < -0.3 is 24.8 Å². The molecule has 1 N–H and O–H groups in total. The van der Waals surface area contributed by atoms with Gasteiger partial charge in [-0.3, -0.25) is 4.99 Å². The van der Waals surface area contributed by atoms with E-state index in [0.29, 0.717) is 25.6 Å². The SMILES string of the molecule is CCNC(=NCC1CCCN(CC(C)C)C1)N1CCN(C(=O)OCC)CC1.I. The van der Waals surface area contributed by atoms with Gasteiger partial charge in [0.25, 0.3) is 0 Å². The number of guanidine groups is 1. The van der Waals surface area contributed by atoms with E-state index in [1.165, 1.54) is 25.9 Å². The fraction of sp³-hybridized carbons (Fsp3) is 0.900. The third kappa shape index (κ3) is 8.31. The van der Waals surface area contributed by atoms with Crippen molar-refractivity contribution in [2.45, 2.75) is 40.5 Å². The lowest BCUT2D eigenvalue weighted by Gasteiger charge is -2.36. The second kappa shape index (κ2) is 13.5. The van der Waals surface area contributed by atoms with Gasteiger partial charge >= 0.3 is 6.09 Å². The molecule has 0 saturated carbocycles.